The highest BCUT2D eigenvalue weighted by Gasteiger charge is 2.36. The van der Waals surface area contributed by atoms with Crippen molar-refractivity contribution in [2.75, 3.05) is 6.54 Å². The number of nitrogens with two attached hydrogens (primary N) is 1. The monoisotopic (exact) mass is 249 g/mol. The Morgan fingerprint density at radius 1 is 1.39 bits per heavy atom. The summed E-state index contributed by atoms with van der Waals surface area (Å²) in [6, 6.07) is 1.92. The second-order valence-corrected chi connectivity index (χ2v) is 5.48. The van der Waals surface area contributed by atoms with Crippen molar-refractivity contribution in [3.8, 4) is 0 Å². The third kappa shape index (κ3) is 2.80. The van der Waals surface area contributed by atoms with Crippen LogP contribution >= 0.6 is 0 Å². The van der Waals surface area contributed by atoms with Crippen LogP contribution in [0.25, 0.3) is 0 Å². The van der Waals surface area contributed by atoms with Crippen molar-refractivity contribution in [1.29, 1.82) is 0 Å². The highest BCUT2D eigenvalue weighted by atomic mass is 16.1. The first-order valence-electron chi connectivity index (χ1n) is 6.88. The van der Waals surface area contributed by atoms with Gasteiger partial charge in [-0.05, 0) is 18.9 Å². The predicted octanol–water partition coefficient (Wildman–Crippen LogP) is 1.83. The normalized spacial score (nSPS) is 19.4. The van der Waals surface area contributed by atoms with Gasteiger partial charge in [0.05, 0.1) is 12.1 Å². The predicted molar refractivity (Wildman–Crippen MR) is 71.1 cm³/mol. The number of hydrogen-bond acceptors (Lipinski definition) is 3. The number of carbonyl (C=O) groups is 1. The van der Waals surface area contributed by atoms with Crippen molar-refractivity contribution >= 4 is 5.78 Å². The molecule has 0 aromatic carbocycles. The largest absolute Gasteiger partial charge is 0.329 e. The van der Waals surface area contributed by atoms with E-state index in [4.69, 9.17) is 5.73 Å². The van der Waals surface area contributed by atoms with Crippen molar-refractivity contribution in [2.45, 2.75) is 44.9 Å². The summed E-state index contributed by atoms with van der Waals surface area (Å²) in [5.74, 6) is 0.283. The number of carbonyl (C=O) groups excluding carboxylic acids is 1. The van der Waals surface area contributed by atoms with E-state index in [2.05, 4.69) is 5.10 Å². The van der Waals surface area contributed by atoms with Gasteiger partial charge in [-0.3, -0.25) is 9.48 Å². The van der Waals surface area contributed by atoms with E-state index in [1.165, 1.54) is 12.8 Å². The lowest BCUT2D eigenvalue weighted by Gasteiger charge is -2.29. The molecule has 4 nitrogen and oxygen atoms in total. The summed E-state index contributed by atoms with van der Waals surface area (Å²) in [6.45, 7) is 0.485. The van der Waals surface area contributed by atoms with Crippen LogP contribution in [0.1, 0.15) is 44.2 Å². The average Bonchev–Trinajstić information content (AvgIpc) is 2.65. The van der Waals surface area contributed by atoms with Crippen LogP contribution in [0.15, 0.2) is 12.3 Å². The van der Waals surface area contributed by atoms with Crippen LogP contribution in [0.3, 0.4) is 0 Å². The number of rotatable bonds is 4. The molecule has 2 rings (SSSR count). The maximum Gasteiger partial charge on any atom is 0.146 e. The highest BCUT2D eigenvalue weighted by Crippen LogP contribution is 2.35. The zero-order valence-electron chi connectivity index (χ0n) is 11.2. The summed E-state index contributed by atoms with van der Waals surface area (Å²) >= 11 is 0. The van der Waals surface area contributed by atoms with Crippen LogP contribution in [-0.4, -0.2) is 22.1 Å². The van der Waals surface area contributed by atoms with Crippen LogP contribution in [0.2, 0.25) is 0 Å². The van der Waals surface area contributed by atoms with Crippen LogP contribution in [0.5, 0.6) is 0 Å². The Morgan fingerprint density at radius 3 is 2.56 bits per heavy atom. The second kappa shape index (κ2) is 5.65. The van der Waals surface area contributed by atoms with Crippen LogP contribution < -0.4 is 5.73 Å². The third-order valence-electron chi connectivity index (χ3n) is 4.15. The van der Waals surface area contributed by atoms with Gasteiger partial charge in [-0.2, -0.15) is 5.10 Å². The average molecular weight is 249 g/mol. The molecule has 0 unspecified atom stereocenters. The second-order valence-electron chi connectivity index (χ2n) is 5.48. The molecular formula is C14H23N3O. The quantitative estimate of drug-likeness (QED) is 0.828. The fraction of sp³-hybridized carbons (Fsp3) is 0.714. The number of ketones is 1. The van der Waals surface area contributed by atoms with E-state index in [1.807, 2.05) is 19.3 Å². The Labute approximate surface area is 109 Å². The van der Waals surface area contributed by atoms with Crippen molar-refractivity contribution in [2.24, 2.45) is 18.2 Å². The Morgan fingerprint density at radius 2 is 2.06 bits per heavy atom. The molecule has 1 aliphatic rings. The molecule has 1 heterocycles. The standard InChI is InChI=1S/C14H23N3O/c1-17-9-6-12(16-17)10-13(18)14(11-15)7-4-2-3-5-8-14/h6,9H,2-5,7-8,10-11,15H2,1H3. The van der Waals surface area contributed by atoms with Crippen LogP contribution in [-0.2, 0) is 18.3 Å². The van der Waals surface area contributed by atoms with Gasteiger partial charge >= 0.3 is 0 Å². The number of hydrogen-bond donors (Lipinski definition) is 1. The van der Waals surface area contributed by atoms with Gasteiger partial charge < -0.3 is 5.73 Å². The van der Waals surface area contributed by atoms with E-state index in [0.717, 1.165) is 31.4 Å². The topological polar surface area (TPSA) is 60.9 Å². The molecule has 1 aliphatic carbocycles. The van der Waals surface area contributed by atoms with Crippen LogP contribution in [0.4, 0.5) is 0 Å². The summed E-state index contributed by atoms with van der Waals surface area (Å²) in [4.78, 5) is 12.6. The molecule has 1 aromatic rings. The number of aryl methyl sites for hydroxylation is 1. The molecule has 4 heteroatoms. The van der Waals surface area contributed by atoms with Gasteiger partial charge in [0, 0.05) is 25.2 Å². The molecule has 0 bridgehead atoms. The molecule has 1 saturated carbocycles. The maximum atomic E-state index is 12.6. The molecule has 18 heavy (non-hydrogen) atoms. The van der Waals surface area contributed by atoms with Gasteiger partial charge in [-0.25, -0.2) is 0 Å². The van der Waals surface area contributed by atoms with E-state index in [1.54, 1.807) is 4.68 Å². The molecular weight excluding hydrogens is 226 g/mol. The molecule has 1 fully saturated rings. The number of nitrogens with zero attached hydrogens (tertiary/aromatic N) is 2. The van der Waals surface area contributed by atoms with Gasteiger partial charge in [0.1, 0.15) is 5.78 Å². The molecule has 0 spiro atoms. The Bertz CT molecular complexity index is 403. The van der Waals surface area contributed by atoms with Crippen molar-refractivity contribution in [3.05, 3.63) is 18.0 Å². The smallest absolute Gasteiger partial charge is 0.146 e. The third-order valence-corrected chi connectivity index (χ3v) is 4.15. The van der Waals surface area contributed by atoms with E-state index < -0.39 is 0 Å². The van der Waals surface area contributed by atoms with Crippen molar-refractivity contribution in [1.82, 2.24) is 9.78 Å². The Balaban J connectivity index is 2.08. The molecule has 0 amide bonds. The van der Waals surface area contributed by atoms with E-state index in [9.17, 15) is 4.79 Å². The first-order chi connectivity index (χ1) is 8.66. The van der Waals surface area contributed by atoms with Crippen molar-refractivity contribution in [3.63, 3.8) is 0 Å². The fourth-order valence-corrected chi connectivity index (χ4v) is 2.91. The summed E-state index contributed by atoms with van der Waals surface area (Å²) in [5.41, 5.74) is 6.50. The van der Waals surface area contributed by atoms with Gasteiger partial charge in [-0.15, -0.1) is 0 Å². The molecule has 0 atom stereocenters. The van der Waals surface area contributed by atoms with Crippen LogP contribution in [0, 0.1) is 5.41 Å². The van der Waals surface area contributed by atoms with E-state index in [-0.39, 0.29) is 11.2 Å². The van der Waals surface area contributed by atoms with Gasteiger partial charge in [0.15, 0.2) is 0 Å². The van der Waals surface area contributed by atoms with E-state index in [0.29, 0.717) is 13.0 Å². The lowest BCUT2D eigenvalue weighted by Crippen LogP contribution is -2.39. The van der Waals surface area contributed by atoms with Crippen molar-refractivity contribution < 1.29 is 4.79 Å². The molecule has 0 radical (unpaired) electrons. The minimum atomic E-state index is -0.284. The first kappa shape index (κ1) is 13.3. The first-order valence-corrected chi connectivity index (χ1v) is 6.88. The summed E-state index contributed by atoms with van der Waals surface area (Å²) in [6.07, 6.45) is 8.95. The van der Waals surface area contributed by atoms with Gasteiger partial charge in [0.2, 0.25) is 0 Å². The summed E-state index contributed by atoms with van der Waals surface area (Å²) in [7, 11) is 1.87. The fourth-order valence-electron chi connectivity index (χ4n) is 2.91. The maximum absolute atomic E-state index is 12.6. The Hall–Kier alpha value is -1.16. The lowest BCUT2D eigenvalue weighted by atomic mass is 9.75. The zero-order chi connectivity index (χ0) is 13.0. The minimum Gasteiger partial charge on any atom is -0.329 e. The molecule has 100 valence electrons. The Kier molecular flexibility index (Phi) is 4.17. The molecule has 0 saturated heterocycles. The molecule has 0 aliphatic heterocycles. The number of aromatic nitrogens is 2. The minimum absolute atomic E-state index is 0.283. The van der Waals surface area contributed by atoms with Gasteiger partial charge in [-0.1, -0.05) is 25.7 Å². The number of Topliss-reactive ketones (excluding diaryl/α,β-unsaturated/α-hetero) is 1. The zero-order valence-corrected chi connectivity index (χ0v) is 11.2. The lowest BCUT2D eigenvalue weighted by molar-refractivity contribution is -0.128. The highest BCUT2D eigenvalue weighted by molar-refractivity contribution is 5.86. The van der Waals surface area contributed by atoms with Gasteiger partial charge in [0.25, 0.3) is 0 Å². The SMILES string of the molecule is Cn1ccc(CC(=O)C2(CN)CCCCCC2)n1. The molecule has 1 aromatic heterocycles. The summed E-state index contributed by atoms with van der Waals surface area (Å²) < 4.78 is 1.74. The summed E-state index contributed by atoms with van der Waals surface area (Å²) in [5, 5.41) is 4.29. The van der Waals surface area contributed by atoms with E-state index >= 15 is 0 Å². The molecule has 2 N–H and O–H groups in total.